The number of hydrogen-bond acceptors (Lipinski definition) is 4. The van der Waals surface area contributed by atoms with E-state index in [-0.39, 0.29) is 12.0 Å². The van der Waals surface area contributed by atoms with Crippen LogP contribution in [0, 0.1) is 6.92 Å². The molecule has 4 aromatic rings. The van der Waals surface area contributed by atoms with Gasteiger partial charge in [-0.05, 0) is 35.7 Å². The molecular weight excluding hydrogens is 360 g/mol. The zero-order chi connectivity index (χ0) is 19.0. The second-order valence-corrected chi connectivity index (χ2v) is 7.36. The largest absolute Gasteiger partial charge is 0.481 e. The number of carboxylic acids is 1. The van der Waals surface area contributed by atoms with Crippen molar-refractivity contribution in [2.75, 3.05) is 0 Å². The third kappa shape index (κ3) is 3.24. The Morgan fingerprint density at radius 3 is 2.74 bits per heavy atom. The molecule has 2 heterocycles. The molecule has 0 aliphatic rings. The lowest BCUT2D eigenvalue weighted by Crippen LogP contribution is -2.24. The summed E-state index contributed by atoms with van der Waals surface area (Å²) >= 11 is 1.46. The van der Waals surface area contributed by atoms with E-state index in [0.29, 0.717) is 24.2 Å². The number of aromatic nitrogens is 2. The first-order valence-corrected chi connectivity index (χ1v) is 9.62. The molecular formula is C21H18N2O3S. The highest BCUT2D eigenvalue weighted by atomic mass is 32.1. The van der Waals surface area contributed by atoms with Gasteiger partial charge >= 0.3 is 5.97 Å². The molecule has 0 fully saturated rings. The van der Waals surface area contributed by atoms with Gasteiger partial charge in [0.15, 0.2) is 0 Å². The van der Waals surface area contributed by atoms with Crippen molar-refractivity contribution in [1.82, 2.24) is 9.55 Å². The molecule has 6 heteroatoms. The van der Waals surface area contributed by atoms with Gasteiger partial charge in [0, 0.05) is 23.9 Å². The third-order valence-corrected chi connectivity index (χ3v) is 5.59. The number of carboxylic acid groups (broad SMARTS) is 1. The first-order chi connectivity index (χ1) is 13.0. The molecule has 0 amide bonds. The molecule has 0 saturated heterocycles. The van der Waals surface area contributed by atoms with Crippen LogP contribution in [0.15, 0.2) is 52.6 Å². The molecule has 0 aliphatic heterocycles. The molecule has 0 radical (unpaired) electrons. The summed E-state index contributed by atoms with van der Waals surface area (Å²) in [4.78, 5) is 29.2. The lowest BCUT2D eigenvalue weighted by atomic mass is 10.0. The molecule has 0 atom stereocenters. The first-order valence-electron chi connectivity index (χ1n) is 8.74. The summed E-state index contributed by atoms with van der Waals surface area (Å²) in [7, 11) is 0. The van der Waals surface area contributed by atoms with E-state index in [1.807, 2.05) is 23.6 Å². The van der Waals surface area contributed by atoms with Gasteiger partial charge in [-0.15, -0.1) is 11.3 Å². The molecule has 2 aromatic carbocycles. The normalized spacial score (nSPS) is 11.3. The van der Waals surface area contributed by atoms with Crippen LogP contribution >= 0.6 is 11.3 Å². The molecule has 136 valence electrons. The van der Waals surface area contributed by atoms with Crippen molar-refractivity contribution in [2.45, 2.75) is 26.3 Å². The fraction of sp³-hybridized carbons (Fsp3) is 0.190. The Morgan fingerprint density at radius 1 is 1.19 bits per heavy atom. The van der Waals surface area contributed by atoms with Crippen LogP contribution in [-0.4, -0.2) is 20.6 Å². The SMILES string of the molecule is Cc1nc2scc(-c3ccc4ccccc4c3)c2c(=O)n1CCCC(=O)O. The predicted octanol–water partition coefficient (Wildman–Crippen LogP) is 4.45. The van der Waals surface area contributed by atoms with Crippen LogP contribution in [0.3, 0.4) is 0 Å². The summed E-state index contributed by atoms with van der Waals surface area (Å²) in [5.74, 6) is -0.244. The van der Waals surface area contributed by atoms with E-state index in [2.05, 4.69) is 29.2 Å². The Bertz CT molecular complexity index is 1220. The average Bonchev–Trinajstić information content (AvgIpc) is 3.07. The minimum Gasteiger partial charge on any atom is -0.481 e. The van der Waals surface area contributed by atoms with Crippen LogP contribution < -0.4 is 5.56 Å². The second kappa shape index (κ2) is 6.96. The van der Waals surface area contributed by atoms with Gasteiger partial charge in [-0.2, -0.15) is 0 Å². The van der Waals surface area contributed by atoms with Crippen molar-refractivity contribution < 1.29 is 9.90 Å². The quantitative estimate of drug-likeness (QED) is 0.557. The van der Waals surface area contributed by atoms with Crippen molar-refractivity contribution >= 4 is 38.3 Å². The van der Waals surface area contributed by atoms with Crippen LogP contribution in [0.25, 0.3) is 32.1 Å². The summed E-state index contributed by atoms with van der Waals surface area (Å²) in [5, 5.41) is 13.7. The van der Waals surface area contributed by atoms with Gasteiger partial charge in [-0.1, -0.05) is 36.4 Å². The zero-order valence-electron chi connectivity index (χ0n) is 14.8. The minimum absolute atomic E-state index is 0.0328. The van der Waals surface area contributed by atoms with Crippen molar-refractivity contribution in [3.05, 3.63) is 64.0 Å². The molecule has 4 rings (SSSR count). The average molecular weight is 378 g/mol. The molecule has 0 saturated carbocycles. The Morgan fingerprint density at radius 2 is 1.96 bits per heavy atom. The van der Waals surface area contributed by atoms with Gasteiger partial charge in [0.05, 0.1) is 5.39 Å². The van der Waals surface area contributed by atoms with Gasteiger partial charge in [-0.3, -0.25) is 14.2 Å². The Kier molecular flexibility index (Phi) is 4.49. The summed E-state index contributed by atoms with van der Waals surface area (Å²) in [6, 6.07) is 14.3. The van der Waals surface area contributed by atoms with E-state index in [0.717, 1.165) is 26.7 Å². The fourth-order valence-electron chi connectivity index (χ4n) is 3.35. The van der Waals surface area contributed by atoms with Crippen LogP contribution in [-0.2, 0) is 11.3 Å². The van der Waals surface area contributed by atoms with Gasteiger partial charge in [0.2, 0.25) is 0 Å². The molecule has 27 heavy (non-hydrogen) atoms. The number of nitrogens with zero attached hydrogens (tertiary/aromatic N) is 2. The predicted molar refractivity (Wildman–Crippen MR) is 108 cm³/mol. The molecule has 1 N–H and O–H groups in total. The molecule has 0 bridgehead atoms. The maximum Gasteiger partial charge on any atom is 0.303 e. The van der Waals surface area contributed by atoms with Crippen LogP contribution in [0.4, 0.5) is 0 Å². The highest BCUT2D eigenvalue weighted by Gasteiger charge is 2.16. The summed E-state index contributed by atoms with van der Waals surface area (Å²) in [5.41, 5.74) is 1.76. The minimum atomic E-state index is -0.859. The van der Waals surface area contributed by atoms with E-state index in [1.54, 1.807) is 11.5 Å². The van der Waals surface area contributed by atoms with E-state index >= 15 is 0 Å². The van der Waals surface area contributed by atoms with Crippen molar-refractivity contribution in [1.29, 1.82) is 0 Å². The molecule has 0 aliphatic carbocycles. The Balaban J connectivity index is 1.83. The van der Waals surface area contributed by atoms with Crippen molar-refractivity contribution in [3.63, 3.8) is 0 Å². The number of carbonyl (C=O) groups is 1. The summed E-state index contributed by atoms with van der Waals surface area (Å²) in [6.07, 6.45) is 0.434. The smallest absolute Gasteiger partial charge is 0.303 e. The van der Waals surface area contributed by atoms with Gasteiger partial charge < -0.3 is 5.11 Å². The number of benzene rings is 2. The lowest BCUT2D eigenvalue weighted by molar-refractivity contribution is -0.137. The van der Waals surface area contributed by atoms with E-state index in [4.69, 9.17) is 5.11 Å². The standard InChI is InChI=1S/C21H18N2O3S/c1-13-22-20-19(21(26)23(13)10-4-7-18(24)25)17(12-27-20)16-9-8-14-5-2-3-6-15(14)11-16/h2-3,5-6,8-9,11-12H,4,7,10H2,1H3,(H,24,25). The molecule has 5 nitrogen and oxygen atoms in total. The lowest BCUT2D eigenvalue weighted by Gasteiger charge is -2.09. The van der Waals surface area contributed by atoms with Crippen LogP contribution in [0.2, 0.25) is 0 Å². The van der Waals surface area contributed by atoms with Crippen molar-refractivity contribution in [2.24, 2.45) is 0 Å². The number of rotatable bonds is 5. The molecule has 0 unspecified atom stereocenters. The number of aliphatic carboxylic acids is 1. The van der Waals surface area contributed by atoms with Crippen LogP contribution in [0.5, 0.6) is 0 Å². The zero-order valence-corrected chi connectivity index (χ0v) is 15.6. The summed E-state index contributed by atoms with van der Waals surface area (Å²) < 4.78 is 1.59. The number of hydrogen-bond donors (Lipinski definition) is 1. The number of aryl methyl sites for hydroxylation is 1. The van der Waals surface area contributed by atoms with E-state index in [9.17, 15) is 9.59 Å². The van der Waals surface area contributed by atoms with E-state index in [1.165, 1.54) is 11.3 Å². The summed E-state index contributed by atoms with van der Waals surface area (Å²) in [6.45, 7) is 2.14. The molecule has 2 aromatic heterocycles. The van der Waals surface area contributed by atoms with E-state index < -0.39 is 5.97 Å². The van der Waals surface area contributed by atoms with Gasteiger partial charge in [0.1, 0.15) is 10.7 Å². The Labute approximate surface area is 159 Å². The number of fused-ring (bicyclic) bond motifs is 2. The van der Waals surface area contributed by atoms with Gasteiger partial charge in [0.25, 0.3) is 5.56 Å². The topological polar surface area (TPSA) is 72.2 Å². The maximum absolute atomic E-state index is 13.1. The Hall–Kier alpha value is -2.99. The highest BCUT2D eigenvalue weighted by Crippen LogP contribution is 2.32. The highest BCUT2D eigenvalue weighted by molar-refractivity contribution is 7.17. The first kappa shape index (κ1) is 17.4. The monoisotopic (exact) mass is 378 g/mol. The van der Waals surface area contributed by atoms with Crippen molar-refractivity contribution in [3.8, 4) is 11.1 Å². The second-order valence-electron chi connectivity index (χ2n) is 6.50. The maximum atomic E-state index is 13.1. The molecule has 0 spiro atoms. The fourth-order valence-corrected chi connectivity index (χ4v) is 4.33. The third-order valence-electron chi connectivity index (χ3n) is 4.72. The van der Waals surface area contributed by atoms with Gasteiger partial charge in [-0.25, -0.2) is 4.98 Å². The number of thiophene rings is 1. The van der Waals surface area contributed by atoms with Crippen LogP contribution in [0.1, 0.15) is 18.7 Å².